The molecule has 0 spiro atoms. The molecule has 0 saturated carbocycles. The number of hydrogen-bond acceptors (Lipinski definition) is 2. The summed E-state index contributed by atoms with van der Waals surface area (Å²) in [6, 6.07) is 24.7. The van der Waals surface area contributed by atoms with E-state index >= 15 is 0 Å². The number of hydrogen-bond donors (Lipinski definition) is 0. The molecule has 0 bridgehead atoms. The molecule has 0 aliphatic rings. The van der Waals surface area contributed by atoms with Gasteiger partial charge >= 0.3 is 0 Å². The van der Waals surface area contributed by atoms with Crippen LogP contribution in [0.25, 0.3) is 18.2 Å². The summed E-state index contributed by atoms with van der Waals surface area (Å²) >= 11 is 0. The van der Waals surface area contributed by atoms with Crippen LogP contribution in [0.4, 0.5) is 0 Å². The Morgan fingerprint density at radius 3 is 1.78 bits per heavy atom. The van der Waals surface area contributed by atoms with Crippen LogP contribution in [-0.2, 0) is 6.42 Å². The standard InChI is InChI=1S/C25H24O2/c1-26-24-15-11-20(12-16-24)5-3-6-22-7-4-8-23(19-22)10-9-21-13-17-25(27-2)18-14-21/h3-5,7-19H,6H2,1-2H3/b5-3+,10-9+. The van der Waals surface area contributed by atoms with Gasteiger partial charge in [-0.15, -0.1) is 0 Å². The highest BCUT2D eigenvalue weighted by Gasteiger charge is 1.94. The van der Waals surface area contributed by atoms with Gasteiger partial charge < -0.3 is 9.47 Å². The number of methoxy groups -OCH3 is 2. The van der Waals surface area contributed by atoms with Crippen LogP contribution < -0.4 is 9.47 Å². The van der Waals surface area contributed by atoms with Crippen molar-refractivity contribution in [2.24, 2.45) is 0 Å². The first kappa shape index (κ1) is 18.5. The van der Waals surface area contributed by atoms with Gasteiger partial charge in [0.1, 0.15) is 11.5 Å². The lowest BCUT2D eigenvalue weighted by Crippen LogP contribution is -1.83. The molecule has 0 N–H and O–H groups in total. The molecule has 3 rings (SSSR count). The lowest BCUT2D eigenvalue weighted by Gasteiger charge is -2.01. The van der Waals surface area contributed by atoms with Gasteiger partial charge in [-0.05, 0) is 52.9 Å². The second-order valence-electron chi connectivity index (χ2n) is 6.23. The van der Waals surface area contributed by atoms with Crippen molar-refractivity contribution in [3.8, 4) is 11.5 Å². The first-order valence-corrected chi connectivity index (χ1v) is 8.98. The predicted molar refractivity (Wildman–Crippen MR) is 114 cm³/mol. The van der Waals surface area contributed by atoms with Gasteiger partial charge in [0.2, 0.25) is 0 Å². The molecule has 0 amide bonds. The molecule has 3 aromatic rings. The highest BCUT2D eigenvalue weighted by atomic mass is 16.5. The molecular formula is C25H24O2. The van der Waals surface area contributed by atoms with Crippen molar-refractivity contribution in [2.75, 3.05) is 14.2 Å². The Balaban J connectivity index is 1.62. The van der Waals surface area contributed by atoms with E-state index in [1.807, 2.05) is 24.3 Å². The van der Waals surface area contributed by atoms with Crippen molar-refractivity contribution >= 4 is 18.2 Å². The molecule has 0 saturated heterocycles. The van der Waals surface area contributed by atoms with E-state index in [0.29, 0.717) is 0 Å². The van der Waals surface area contributed by atoms with Gasteiger partial charge in [0.25, 0.3) is 0 Å². The second-order valence-corrected chi connectivity index (χ2v) is 6.23. The molecule has 0 fully saturated rings. The topological polar surface area (TPSA) is 18.5 Å². The highest BCUT2D eigenvalue weighted by Crippen LogP contribution is 2.16. The highest BCUT2D eigenvalue weighted by molar-refractivity contribution is 5.70. The van der Waals surface area contributed by atoms with E-state index in [1.165, 1.54) is 16.7 Å². The molecule has 136 valence electrons. The SMILES string of the molecule is COc1ccc(/C=C/Cc2cccc(/C=C/c3ccc(OC)cc3)c2)cc1. The number of ether oxygens (including phenoxy) is 2. The molecule has 2 heteroatoms. The van der Waals surface area contributed by atoms with Crippen molar-refractivity contribution in [1.82, 2.24) is 0 Å². The maximum atomic E-state index is 5.19. The van der Waals surface area contributed by atoms with Gasteiger partial charge in [-0.2, -0.15) is 0 Å². The van der Waals surface area contributed by atoms with Crippen molar-refractivity contribution in [1.29, 1.82) is 0 Å². The third-order valence-electron chi connectivity index (χ3n) is 4.31. The zero-order valence-electron chi connectivity index (χ0n) is 15.8. The van der Waals surface area contributed by atoms with Crippen molar-refractivity contribution in [3.63, 3.8) is 0 Å². The molecular weight excluding hydrogens is 332 g/mol. The van der Waals surface area contributed by atoms with Crippen LogP contribution in [0, 0.1) is 0 Å². The summed E-state index contributed by atoms with van der Waals surface area (Å²) in [4.78, 5) is 0. The largest absolute Gasteiger partial charge is 0.497 e. The Morgan fingerprint density at radius 2 is 1.19 bits per heavy atom. The first-order chi connectivity index (χ1) is 13.3. The third-order valence-corrected chi connectivity index (χ3v) is 4.31. The minimum Gasteiger partial charge on any atom is -0.497 e. The quantitative estimate of drug-likeness (QED) is 0.474. The summed E-state index contributed by atoms with van der Waals surface area (Å²) in [6.07, 6.45) is 9.48. The van der Waals surface area contributed by atoms with Crippen LogP contribution in [-0.4, -0.2) is 14.2 Å². The van der Waals surface area contributed by atoms with Gasteiger partial charge in [0.15, 0.2) is 0 Å². The Hall–Kier alpha value is -3.26. The van der Waals surface area contributed by atoms with E-state index < -0.39 is 0 Å². The lowest BCUT2D eigenvalue weighted by molar-refractivity contribution is 0.414. The van der Waals surface area contributed by atoms with Crippen LogP contribution in [0.15, 0.2) is 78.9 Å². The summed E-state index contributed by atoms with van der Waals surface area (Å²) < 4.78 is 10.4. The molecule has 0 atom stereocenters. The van der Waals surface area contributed by atoms with E-state index in [4.69, 9.17) is 9.47 Å². The molecule has 3 aromatic carbocycles. The maximum Gasteiger partial charge on any atom is 0.118 e. The van der Waals surface area contributed by atoms with E-state index in [1.54, 1.807) is 14.2 Å². The molecule has 0 aliphatic heterocycles. The van der Waals surface area contributed by atoms with Crippen LogP contribution in [0.3, 0.4) is 0 Å². The predicted octanol–water partition coefficient (Wildman–Crippen LogP) is 6.13. The summed E-state index contributed by atoms with van der Waals surface area (Å²) in [5, 5.41) is 0. The smallest absolute Gasteiger partial charge is 0.118 e. The van der Waals surface area contributed by atoms with E-state index in [0.717, 1.165) is 23.5 Å². The Labute approximate surface area is 161 Å². The van der Waals surface area contributed by atoms with Crippen molar-refractivity contribution < 1.29 is 9.47 Å². The summed E-state index contributed by atoms with van der Waals surface area (Å²) in [7, 11) is 3.36. The Kier molecular flexibility index (Phi) is 6.48. The zero-order valence-corrected chi connectivity index (χ0v) is 15.8. The third kappa shape index (κ3) is 5.61. The number of benzene rings is 3. The Bertz CT molecular complexity index is 904. The fourth-order valence-electron chi connectivity index (χ4n) is 2.78. The molecule has 2 nitrogen and oxygen atoms in total. The lowest BCUT2D eigenvalue weighted by atomic mass is 10.1. The van der Waals surface area contributed by atoms with Gasteiger partial charge in [-0.25, -0.2) is 0 Å². The average Bonchev–Trinajstić information content (AvgIpc) is 2.73. The number of allylic oxidation sites excluding steroid dienone is 1. The average molecular weight is 356 g/mol. The Morgan fingerprint density at radius 1 is 0.630 bits per heavy atom. The summed E-state index contributed by atoms with van der Waals surface area (Å²) in [5.41, 5.74) is 4.81. The van der Waals surface area contributed by atoms with Crippen LogP contribution in [0.1, 0.15) is 22.3 Å². The van der Waals surface area contributed by atoms with Crippen LogP contribution in [0.2, 0.25) is 0 Å². The zero-order chi connectivity index (χ0) is 18.9. The van der Waals surface area contributed by atoms with E-state index in [9.17, 15) is 0 Å². The monoisotopic (exact) mass is 356 g/mol. The van der Waals surface area contributed by atoms with Crippen LogP contribution in [0.5, 0.6) is 11.5 Å². The molecule has 0 heterocycles. The molecule has 0 radical (unpaired) electrons. The van der Waals surface area contributed by atoms with Gasteiger partial charge in [-0.3, -0.25) is 0 Å². The van der Waals surface area contributed by atoms with E-state index in [-0.39, 0.29) is 0 Å². The molecule has 27 heavy (non-hydrogen) atoms. The van der Waals surface area contributed by atoms with E-state index in [2.05, 4.69) is 72.8 Å². The normalized spacial score (nSPS) is 11.2. The first-order valence-electron chi connectivity index (χ1n) is 8.98. The second kappa shape index (κ2) is 9.44. The summed E-state index contributed by atoms with van der Waals surface area (Å²) in [6.45, 7) is 0. The molecule has 0 unspecified atom stereocenters. The molecule has 0 aromatic heterocycles. The molecule has 0 aliphatic carbocycles. The van der Waals surface area contributed by atoms with Crippen LogP contribution >= 0.6 is 0 Å². The maximum absolute atomic E-state index is 5.19. The van der Waals surface area contributed by atoms with Gasteiger partial charge in [0, 0.05) is 0 Å². The minimum atomic E-state index is 0.873. The minimum absolute atomic E-state index is 0.873. The van der Waals surface area contributed by atoms with Gasteiger partial charge in [-0.1, -0.05) is 72.8 Å². The van der Waals surface area contributed by atoms with Crippen molar-refractivity contribution in [2.45, 2.75) is 6.42 Å². The van der Waals surface area contributed by atoms with Crippen molar-refractivity contribution in [3.05, 3.63) is 101 Å². The fraction of sp³-hybridized carbons (Fsp3) is 0.120. The van der Waals surface area contributed by atoms with Gasteiger partial charge in [0.05, 0.1) is 14.2 Å². The summed E-state index contributed by atoms with van der Waals surface area (Å²) in [5.74, 6) is 1.75. The number of rotatable bonds is 7. The fourth-order valence-corrected chi connectivity index (χ4v) is 2.78.